The van der Waals surface area contributed by atoms with Crippen molar-refractivity contribution in [2.45, 2.75) is 50.9 Å². The highest BCUT2D eigenvalue weighted by molar-refractivity contribution is 6.17. The van der Waals surface area contributed by atoms with Crippen molar-refractivity contribution in [2.24, 2.45) is 0 Å². The van der Waals surface area contributed by atoms with Gasteiger partial charge in [0.1, 0.15) is 0 Å². The number of rotatable bonds is 3. The molecule has 3 nitrogen and oxygen atoms in total. The van der Waals surface area contributed by atoms with Gasteiger partial charge in [0.25, 0.3) is 0 Å². The van der Waals surface area contributed by atoms with Gasteiger partial charge in [0.15, 0.2) is 5.82 Å². The van der Waals surface area contributed by atoms with E-state index in [2.05, 4.69) is 17.1 Å². The molecular formula is C11H17ClN2O. The Morgan fingerprint density at radius 2 is 2.07 bits per heavy atom. The molecule has 1 aliphatic rings. The Morgan fingerprint density at radius 1 is 1.33 bits per heavy atom. The van der Waals surface area contributed by atoms with Gasteiger partial charge in [-0.2, -0.15) is 4.98 Å². The normalized spacial score (nSPS) is 20.4. The lowest BCUT2D eigenvalue weighted by Gasteiger charge is -2.29. The summed E-state index contributed by atoms with van der Waals surface area (Å²) in [5.74, 6) is 2.09. The van der Waals surface area contributed by atoms with E-state index < -0.39 is 0 Å². The van der Waals surface area contributed by atoms with Gasteiger partial charge in [0, 0.05) is 17.7 Å². The van der Waals surface area contributed by atoms with E-state index >= 15 is 0 Å². The predicted molar refractivity (Wildman–Crippen MR) is 59.2 cm³/mol. The van der Waals surface area contributed by atoms with Gasteiger partial charge < -0.3 is 4.52 Å². The summed E-state index contributed by atoms with van der Waals surface area (Å²) >= 11 is 5.64. The zero-order chi connectivity index (χ0) is 10.7. The highest BCUT2D eigenvalue weighted by Crippen LogP contribution is 2.37. The fourth-order valence-electron chi connectivity index (χ4n) is 2.24. The zero-order valence-corrected chi connectivity index (χ0v) is 9.89. The van der Waals surface area contributed by atoms with Crippen LogP contribution in [0.4, 0.5) is 0 Å². The molecule has 0 radical (unpaired) electrons. The van der Waals surface area contributed by atoms with Crippen LogP contribution in [0.15, 0.2) is 4.52 Å². The summed E-state index contributed by atoms with van der Waals surface area (Å²) in [5, 5.41) is 4.09. The van der Waals surface area contributed by atoms with Gasteiger partial charge in [-0.1, -0.05) is 31.3 Å². The molecule has 1 aromatic rings. The molecule has 1 saturated carbocycles. The van der Waals surface area contributed by atoms with E-state index in [1.165, 1.54) is 32.1 Å². The SMILES string of the molecule is CC1(c2noc(CCCl)n2)CCCCC1. The average molecular weight is 229 g/mol. The molecule has 4 heteroatoms. The van der Waals surface area contributed by atoms with Gasteiger partial charge in [0.05, 0.1) is 0 Å². The van der Waals surface area contributed by atoms with Crippen molar-refractivity contribution in [1.29, 1.82) is 0 Å². The number of nitrogens with zero attached hydrogens (tertiary/aromatic N) is 2. The van der Waals surface area contributed by atoms with Gasteiger partial charge in [-0.3, -0.25) is 0 Å². The first-order valence-electron chi connectivity index (χ1n) is 5.64. The quantitative estimate of drug-likeness (QED) is 0.747. The lowest BCUT2D eigenvalue weighted by Crippen LogP contribution is -2.26. The Balaban J connectivity index is 2.12. The molecule has 0 unspecified atom stereocenters. The Kier molecular flexibility index (Phi) is 3.29. The first-order chi connectivity index (χ1) is 7.24. The number of aryl methyl sites for hydroxylation is 1. The summed E-state index contributed by atoms with van der Waals surface area (Å²) in [6.07, 6.45) is 6.90. The largest absolute Gasteiger partial charge is 0.339 e. The van der Waals surface area contributed by atoms with Crippen LogP contribution in [-0.4, -0.2) is 16.0 Å². The average Bonchev–Trinajstić information content (AvgIpc) is 2.69. The van der Waals surface area contributed by atoms with Crippen molar-refractivity contribution < 1.29 is 4.52 Å². The molecule has 0 aromatic carbocycles. The van der Waals surface area contributed by atoms with Crippen LogP contribution in [0.25, 0.3) is 0 Å². The number of halogens is 1. The lowest BCUT2D eigenvalue weighted by atomic mass is 9.75. The minimum absolute atomic E-state index is 0.131. The first kappa shape index (κ1) is 10.9. The van der Waals surface area contributed by atoms with Crippen molar-refractivity contribution in [2.75, 3.05) is 5.88 Å². The van der Waals surface area contributed by atoms with Crippen molar-refractivity contribution in [3.05, 3.63) is 11.7 Å². The molecular weight excluding hydrogens is 212 g/mol. The maximum Gasteiger partial charge on any atom is 0.227 e. The Labute approximate surface area is 95.2 Å². The number of alkyl halides is 1. The standard InChI is InChI=1S/C11H17ClN2O/c1-11(6-3-2-4-7-11)10-13-9(5-8-12)15-14-10/h2-8H2,1H3. The third-order valence-corrected chi connectivity index (χ3v) is 3.46. The molecule has 1 aliphatic carbocycles. The van der Waals surface area contributed by atoms with Gasteiger partial charge >= 0.3 is 0 Å². The van der Waals surface area contributed by atoms with Crippen LogP contribution in [0.5, 0.6) is 0 Å². The molecule has 0 atom stereocenters. The molecule has 0 amide bonds. The fourth-order valence-corrected chi connectivity index (χ4v) is 2.40. The van der Waals surface area contributed by atoms with Crippen LogP contribution in [0.3, 0.4) is 0 Å². The monoisotopic (exact) mass is 228 g/mol. The lowest BCUT2D eigenvalue weighted by molar-refractivity contribution is 0.288. The highest BCUT2D eigenvalue weighted by Gasteiger charge is 2.33. The predicted octanol–water partition coefficient (Wildman–Crippen LogP) is 3.07. The van der Waals surface area contributed by atoms with Crippen LogP contribution in [0.1, 0.15) is 50.7 Å². The number of aromatic nitrogens is 2. The molecule has 1 fully saturated rings. The summed E-state index contributed by atoms with van der Waals surface area (Å²) < 4.78 is 5.18. The molecule has 84 valence electrons. The van der Waals surface area contributed by atoms with Crippen molar-refractivity contribution >= 4 is 11.6 Å². The Morgan fingerprint density at radius 3 is 2.73 bits per heavy atom. The minimum Gasteiger partial charge on any atom is -0.339 e. The van der Waals surface area contributed by atoms with E-state index in [1.807, 2.05) is 0 Å². The van der Waals surface area contributed by atoms with E-state index in [9.17, 15) is 0 Å². The van der Waals surface area contributed by atoms with Crippen LogP contribution < -0.4 is 0 Å². The zero-order valence-electron chi connectivity index (χ0n) is 9.13. The summed E-state index contributed by atoms with van der Waals surface area (Å²) in [6, 6.07) is 0. The van der Waals surface area contributed by atoms with Crippen molar-refractivity contribution in [1.82, 2.24) is 10.1 Å². The molecule has 0 saturated heterocycles. The second kappa shape index (κ2) is 4.52. The molecule has 0 N–H and O–H groups in total. The summed E-state index contributed by atoms with van der Waals surface area (Å²) in [4.78, 5) is 4.43. The number of hydrogen-bond donors (Lipinski definition) is 0. The third-order valence-electron chi connectivity index (χ3n) is 3.27. The topological polar surface area (TPSA) is 38.9 Å². The van der Waals surface area contributed by atoms with Crippen LogP contribution >= 0.6 is 11.6 Å². The molecule has 15 heavy (non-hydrogen) atoms. The van der Waals surface area contributed by atoms with Crippen LogP contribution in [-0.2, 0) is 11.8 Å². The van der Waals surface area contributed by atoms with Crippen LogP contribution in [0.2, 0.25) is 0 Å². The Hall–Kier alpha value is -0.570. The number of hydrogen-bond acceptors (Lipinski definition) is 3. The maximum atomic E-state index is 5.64. The van der Waals surface area contributed by atoms with E-state index in [0.717, 1.165) is 5.82 Å². The summed E-state index contributed by atoms with van der Waals surface area (Å²) in [6.45, 7) is 2.24. The molecule has 2 rings (SSSR count). The van der Waals surface area contributed by atoms with Gasteiger partial charge in [-0.25, -0.2) is 0 Å². The molecule has 1 aromatic heterocycles. The smallest absolute Gasteiger partial charge is 0.227 e. The molecule has 0 bridgehead atoms. The van der Waals surface area contributed by atoms with E-state index in [1.54, 1.807) is 0 Å². The van der Waals surface area contributed by atoms with Crippen molar-refractivity contribution in [3.8, 4) is 0 Å². The van der Waals surface area contributed by atoms with Crippen molar-refractivity contribution in [3.63, 3.8) is 0 Å². The summed E-state index contributed by atoms with van der Waals surface area (Å²) in [5.41, 5.74) is 0.131. The van der Waals surface area contributed by atoms with Gasteiger partial charge in [0.2, 0.25) is 5.89 Å². The van der Waals surface area contributed by atoms with E-state index in [-0.39, 0.29) is 5.41 Å². The van der Waals surface area contributed by atoms with Crippen LogP contribution in [0, 0.1) is 0 Å². The molecule has 1 heterocycles. The highest BCUT2D eigenvalue weighted by atomic mass is 35.5. The van der Waals surface area contributed by atoms with E-state index in [4.69, 9.17) is 16.1 Å². The minimum atomic E-state index is 0.131. The maximum absolute atomic E-state index is 5.64. The van der Waals surface area contributed by atoms with E-state index in [0.29, 0.717) is 18.2 Å². The third kappa shape index (κ3) is 2.33. The molecule has 0 aliphatic heterocycles. The second-order valence-electron chi connectivity index (χ2n) is 4.57. The van der Waals surface area contributed by atoms with Gasteiger partial charge in [-0.05, 0) is 12.8 Å². The van der Waals surface area contributed by atoms with Gasteiger partial charge in [-0.15, -0.1) is 11.6 Å². The summed E-state index contributed by atoms with van der Waals surface area (Å²) in [7, 11) is 0. The first-order valence-corrected chi connectivity index (χ1v) is 6.17. The fraction of sp³-hybridized carbons (Fsp3) is 0.818. The Bertz CT molecular complexity index is 318. The second-order valence-corrected chi connectivity index (χ2v) is 4.95. The molecule has 0 spiro atoms.